The molecular weight excluding hydrogens is 236 g/mol. The zero-order chi connectivity index (χ0) is 11.8. The van der Waals surface area contributed by atoms with Gasteiger partial charge in [0.05, 0.1) is 17.2 Å². The summed E-state index contributed by atoms with van der Waals surface area (Å²) in [7, 11) is 0. The highest BCUT2D eigenvalue weighted by atomic mass is 32.1. The number of aromatic amines is 1. The lowest BCUT2D eigenvalue weighted by Crippen LogP contribution is -2.37. The van der Waals surface area contributed by atoms with E-state index in [1.165, 1.54) is 0 Å². The highest BCUT2D eigenvalue weighted by Gasteiger charge is 2.25. The molecule has 0 radical (unpaired) electrons. The first kappa shape index (κ1) is 10.5. The molecule has 1 fully saturated rings. The van der Waals surface area contributed by atoms with Gasteiger partial charge in [-0.05, 0) is 31.1 Å². The first-order valence-corrected chi connectivity index (χ1v) is 6.00. The number of amides is 1. The third-order valence-electron chi connectivity index (χ3n) is 3.09. The molecule has 3 rings (SSSR count). The van der Waals surface area contributed by atoms with Crippen LogP contribution in [0.1, 0.15) is 18.9 Å². The van der Waals surface area contributed by atoms with Crippen LogP contribution < -0.4 is 5.32 Å². The van der Waals surface area contributed by atoms with Gasteiger partial charge in [0.25, 0.3) is 0 Å². The van der Waals surface area contributed by atoms with Crippen molar-refractivity contribution in [2.24, 2.45) is 0 Å². The Morgan fingerprint density at radius 3 is 3.24 bits per heavy atom. The molecule has 0 bridgehead atoms. The van der Waals surface area contributed by atoms with Crippen molar-refractivity contribution in [1.29, 1.82) is 0 Å². The molecule has 2 aromatic rings. The van der Waals surface area contributed by atoms with E-state index < -0.39 is 0 Å². The molecule has 0 aromatic carbocycles. The number of carbonyl (C=O) groups excluding carboxylic acids is 1. The smallest absolute Gasteiger partial charge is 0.243 e. The quantitative estimate of drug-likeness (QED) is 0.753. The van der Waals surface area contributed by atoms with Crippen molar-refractivity contribution in [3.05, 3.63) is 23.2 Å². The van der Waals surface area contributed by atoms with Crippen molar-refractivity contribution < 1.29 is 4.79 Å². The molecular formula is C11H12N4OS. The molecule has 1 aliphatic rings. The second-order valence-corrected chi connectivity index (χ2v) is 4.53. The number of carbonyl (C=O) groups is 1. The maximum atomic E-state index is 11.9. The van der Waals surface area contributed by atoms with Crippen molar-refractivity contribution in [3.63, 3.8) is 0 Å². The Bertz CT molecular complexity index is 630. The normalized spacial score (nSPS) is 20.5. The molecule has 3 heterocycles. The van der Waals surface area contributed by atoms with E-state index >= 15 is 0 Å². The Balaban J connectivity index is 2.19. The predicted molar refractivity (Wildman–Crippen MR) is 66.2 cm³/mol. The molecule has 0 aliphatic carbocycles. The monoisotopic (exact) mass is 248 g/mol. The Labute approximate surface area is 103 Å². The molecule has 0 spiro atoms. The number of imidazole rings is 1. The van der Waals surface area contributed by atoms with Gasteiger partial charge in [-0.15, -0.1) is 0 Å². The molecule has 1 saturated heterocycles. The summed E-state index contributed by atoms with van der Waals surface area (Å²) >= 11 is 5.29. The fourth-order valence-corrected chi connectivity index (χ4v) is 2.63. The molecule has 1 unspecified atom stereocenters. The zero-order valence-corrected chi connectivity index (χ0v) is 9.96. The molecule has 1 atom stereocenters. The average Bonchev–Trinajstić information content (AvgIpc) is 2.66. The van der Waals surface area contributed by atoms with E-state index in [9.17, 15) is 4.79 Å². The van der Waals surface area contributed by atoms with Gasteiger partial charge in [-0.2, -0.15) is 0 Å². The van der Waals surface area contributed by atoms with Crippen LogP contribution in [0.25, 0.3) is 11.0 Å². The molecule has 2 N–H and O–H groups in total. The molecule has 5 nitrogen and oxygen atoms in total. The number of piperidine rings is 1. The minimum Gasteiger partial charge on any atom is -0.354 e. The molecule has 17 heavy (non-hydrogen) atoms. The summed E-state index contributed by atoms with van der Waals surface area (Å²) in [5, 5.41) is 2.88. The summed E-state index contributed by atoms with van der Waals surface area (Å²) in [5.74, 6) is 0.0464. The second-order valence-electron chi connectivity index (χ2n) is 4.14. The fraction of sp³-hybridized carbons (Fsp3) is 0.364. The topological polar surface area (TPSA) is 62.7 Å². The van der Waals surface area contributed by atoms with E-state index in [1.807, 2.05) is 10.6 Å². The summed E-state index contributed by atoms with van der Waals surface area (Å²) in [4.78, 5) is 19.0. The summed E-state index contributed by atoms with van der Waals surface area (Å²) < 4.78 is 2.47. The van der Waals surface area contributed by atoms with Crippen molar-refractivity contribution in [3.8, 4) is 0 Å². The van der Waals surface area contributed by atoms with Crippen LogP contribution in [0.15, 0.2) is 18.5 Å². The number of aromatic nitrogens is 3. The van der Waals surface area contributed by atoms with Gasteiger partial charge in [0, 0.05) is 12.7 Å². The van der Waals surface area contributed by atoms with Crippen molar-refractivity contribution >= 4 is 29.2 Å². The number of nitrogens with zero attached hydrogens (tertiary/aromatic N) is 2. The summed E-state index contributed by atoms with van der Waals surface area (Å²) in [5.41, 5.74) is 1.81. The number of pyridine rings is 1. The van der Waals surface area contributed by atoms with Gasteiger partial charge in [-0.1, -0.05) is 0 Å². The number of hydrogen-bond acceptors (Lipinski definition) is 3. The minimum atomic E-state index is -0.201. The highest BCUT2D eigenvalue weighted by molar-refractivity contribution is 7.71. The fourth-order valence-electron chi connectivity index (χ4n) is 2.29. The number of fused-ring (bicyclic) bond motifs is 1. The summed E-state index contributed by atoms with van der Waals surface area (Å²) in [6.07, 6.45) is 5.25. The Hall–Kier alpha value is -1.69. The molecule has 88 valence electrons. The van der Waals surface area contributed by atoms with E-state index in [0.717, 1.165) is 30.4 Å². The third-order valence-corrected chi connectivity index (χ3v) is 3.38. The summed E-state index contributed by atoms with van der Waals surface area (Å²) in [6.45, 7) is 0.757. The van der Waals surface area contributed by atoms with Crippen LogP contribution in [-0.4, -0.2) is 27.0 Å². The van der Waals surface area contributed by atoms with Crippen LogP contribution in [-0.2, 0) is 4.79 Å². The van der Waals surface area contributed by atoms with Gasteiger partial charge in [-0.3, -0.25) is 9.78 Å². The standard InChI is InChI=1S/C11H12N4OS/c16-10-9(2-1-4-13-10)15-8-3-5-12-6-7(8)14-11(15)17/h3,5-6,9H,1-2,4H2,(H,13,16)(H,14,17). The van der Waals surface area contributed by atoms with Gasteiger partial charge in [0.2, 0.25) is 5.91 Å². The van der Waals surface area contributed by atoms with Crippen LogP contribution in [0, 0.1) is 4.77 Å². The lowest BCUT2D eigenvalue weighted by atomic mass is 10.1. The van der Waals surface area contributed by atoms with E-state index in [2.05, 4.69) is 15.3 Å². The maximum absolute atomic E-state index is 11.9. The van der Waals surface area contributed by atoms with E-state index in [1.54, 1.807) is 12.4 Å². The van der Waals surface area contributed by atoms with Crippen LogP contribution >= 0.6 is 12.2 Å². The SMILES string of the molecule is O=C1NCCCC1n1c(=S)[nH]c2cnccc21. The van der Waals surface area contributed by atoms with E-state index in [4.69, 9.17) is 12.2 Å². The van der Waals surface area contributed by atoms with Crippen molar-refractivity contribution in [1.82, 2.24) is 19.9 Å². The second kappa shape index (κ2) is 3.96. The first-order valence-electron chi connectivity index (χ1n) is 5.59. The van der Waals surface area contributed by atoms with Crippen LogP contribution in [0.4, 0.5) is 0 Å². The average molecular weight is 248 g/mol. The van der Waals surface area contributed by atoms with Gasteiger partial charge in [0.15, 0.2) is 4.77 Å². The number of rotatable bonds is 1. The maximum Gasteiger partial charge on any atom is 0.243 e. The minimum absolute atomic E-state index is 0.0464. The van der Waals surface area contributed by atoms with Crippen molar-refractivity contribution in [2.75, 3.05) is 6.54 Å². The first-order chi connectivity index (χ1) is 8.27. The zero-order valence-electron chi connectivity index (χ0n) is 9.14. The van der Waals surface area contributed by atoms with Gasteiger partial charge < -0.3 is 14.9 Å². The van der Waals surface area contributed by atoms with Crippen LogP contribution in [0.5, 0.6) is 0 Å². The van der Waals surface area contributed by atoms with Gasteiger partial charge >= 0.3 is 0 Å². The molecule has 0 saturated carbocycles. The largest absolute Gasteiger partial charge is 0.354 e. The van der Waals surface area contributed by atoms with Gasteiger partial charge in [-0.25, -0.2) is 0 Å². The predicted octanol–water partition coefficient (Wildman–Crippen LogP) is 1.54. The lowest BCUT2D eigenvalue weighted by molar-refractivity contribution is -0.125. The highest BCUT2D eigenvalue weighted by Crippen LogP contribution is 2.23. The Morgan fingerprint density at radius 1 is 1.53 bits per heavy atom. The van der Waals surface area contributed by atoms with Gasteiger partial charge in [0.1, 0.15) is 6.04 Å². The lowest BCUT2D eigenvalue weighted by Gasteiger charge is -2.23. The Morgan fingerprint density at radius 2 is 2.41 bits per heavy atom. The number of H-pyrrole nitrogens is 1. The number of hydrogen-bond donors (Lipinski definition) is 2. The van der Waals surface area contributed by atoms with E-state index in [-0.39, 0.29) is 11.9 Å². The number of nitrogens with one attached hydrogen (secondary N) is 2. The third kappa shape index (κ3) is 1.64. The Kier molecular flexibility index (Phi) is 2.44. The van der Waals surface area contributed by atoms with Crippen LogP contribution in [0.3, 0.4) is 0 Å². The van der Waals surface area contributed by atoms with Crippen LogP contribution in [0.2, 0.25) is 0 Å². The molecule has 1 amide bonds. The molecule has 2 aromatic heterocycles. The van der Waals surface area contributed by atoms with Crippen molar-refractivity contribution in [2.45, 2.75) is 18.9 Å². The molecule has 1 aliphatic heterocycles. The molecule has 6 heteroatoms. The van der Waals surface area contributed by atoms with E-state index in [0.29, 0.717) is 4.77 Å². The summed E-state index contributed by atoms with van der Waals surface area (Å²) in [6, 6.07) is 1.68.